The van der Waals surface area contributed by atoms with Crippen molar-refractivity contribution < 1.29 is 9.18 Å². The van der Waals surface area contributed by atoms with Gasteiger partial charge < -0.3 is 9.47 Å². The Labute approximate surface area is 116 Å². The predicted octanol–water partition coefficient (Wildman–Crippen LogP) is 2.16. The predicted molar refractivity (Wildman–Crippen MR) is 76.4 cm³/mol. The third-order valence-electron chi connectivity index (χ3n) is 3.43. The smallest absolute Gasteiger partial charge is 0.259 e. The van der Waals surface area contributed by atoms with Crippen LogP contribution in [0, 0.1) is 5.82 Å². The molecule has 0 unspecified atom stereocenters. The minimum Gasteiger partial charge on any atom is -0.350 e. The summed E-state index contributed by atoms with van der Waals surface area (Å²) in [4.78, 5) is 26.3. The van der Waals surface area contributed by atoms with Crippen molar-refractivity contribution >= 4 is 16.8 Å². The van der Waals surface area contributed by atoms with Gasteiger partial charge in [0.2, 0.25) is 5.43 Å². The number of aromatic nitrogens is 1. The molecule has 2 aromatic rings. The molecule has 1 aromatic heterocycles. The number of rotatable bonds is 3. The van der Waals surface area contributed by atoms with Crippen molar-refractivity contribution in [2.75, 3.05) is 13.1 Å². The quantitative estimate of drug-likeness (QED) is 0.862. The zero-order chi connectivity index (χ0) is 14.9. The van der Waals surface area contributed by atoms with Gasteiger partial charge in [-0.1, -0.05) is 0 Å². The van der Waals surface area contributed by atoms with Crippen LogP contribution in [0.5, 0.6) is 0 Å². The highest BCUT2D eigenvalue weighted by atomic mass is 19.1. The van der Waals surface area contributed by atoms with Crippen LogP contribution in [-0.4, -0.2) is 28.5 Å². The molecule has 1 aromatic carbocycles. The molecule has 0 aliphatic rings. The van der Waals surface area contributed by atoms with E-state index in [4.69, 9.17) is 0 Å². The van der Waals surface area contributed by atoms with Crippen LogP contribution in [0.1, 0.15) is 24.2 Å². The van der Waals surface area contributed by atoms with Crippen molar-refractivity contribution in [3.05, 3.63) is 46.0 Å². The topological polar surface area (TPSA) is 42.3 Å². The number of carbonyl (C=O) groups excluding carboxylic acids is 1. The van der Waals surface area contributed by atoms with Crippen LogP contribution in [0.3, 0.4) is 0 Å². The Morgan fingerprint density at radius 2 is 1.95 bits per heavy atom. The van der Waals surface area contributed by atoms with E-state index in [9.17, 15) is 14.0 Å². The molecule has 5 heteroatoms. The fourth-order valence-corrected chi connectivity index (χ4v) is 2.30. The summed E-state index contributed by atoms with van der Waals surface area (Å²) >= 11 is 0. The van der Waals surface area contributed by atoms with Crippen LogP contribution < -0.4 is 5.43 Å². The third-order valence-corrected chi connectivity index (χ3v) is 3.43. The molecule has 2 rings (SSSR count). The lowest BCUT2D eigenvalue weighted by Gasteiger charge is -2.19. The largest absolute Gasteiger partial charge is 0.350 e. The Bertz CT molecular complexity index is 718. The highest BCUT2D eigenvalue weighted by Gasteiger charge is 2.18. The molecular weight excluding hydrogens is 259 g/mol. The Balaban J connectivity index is 2.70. The van der Waals surface area contributed by atoms with E-state index < -0.39 is 11.2 Å². The lowest BCUT2D eigenvalue weighted by atomic mass is 10.1. The average Bonchev–Trinajstić information content (AvgIpc) is 2.43. The minimum absolute atomic E-state index is 0.0781. The molecule has 0 atom stereocenters. The summed E-state index contributed by atoms with van der Waals surface area (Å²) in [5.74, 6) is -0.802. The van der Waals surface area contributed by atoms with Gasteiger partial charge in [0.15, 0.2) is 0 Å². The second-order valence-electron chi connectivity index (χ2n) is 4.62. The number of amides is 1. The highest BCUT2D eigenvalue weighted by Crippen LogP contribution is 2.13. The number of halogens is 1. The molecule has 0 N–H and O–H groups in total. The van der Waals surface area contributed by atoms with Gasteiger partial charge in [-0.15, -0.1) is 0 Å². The normalized spacial score (nSPS) is 10.8. The van der Waals surface area contributed by atoms with E-state index in [1.54, 1.807) is 16.5 Å². The molecule has 4 nitrogen and oxygen atoms in total. The molecule has 0 saturated heterocycles. The molecule has 0 fully saturated rings. The second kappa shape index (κ2) is 5.45. The van der Waals surface area contributed by atoms with Crippen LogP contribution in [-0.2, 0) is 7.05 Å². The van der Waals surface area contributed by atoms with E-state index in [1.165, 1.54) is 24.4 Å². The third kappa shape index (κ3) is 2.31. The van der Waals surface area contributed by atoms with Crippen molar-refractivity contribution in [1.82, 2.24) is 9.47 Å². The van der Waals surface area contributed by atoms with Crippen LogP contribution in [0.4, 0.5) is 4.39 Å². The molecule has 20 heavy (non-hydrogen) atoms. The lowest BCUT2D eigenvalue weighted by Crippen LogP contribution is -2.34. The van der Waals surface area contributed by atoms with Gasteiger partial charge in [-0.05, 0) is 32.0 Å². The summed E-state index contributed by atoms with van der Waals surface area (Å²) in [5.41, 5.74) is 0.260. The van der Waals surface area contributed by atoms with Gasteiger partial charge in [0.25, 0.3) is 5.91 Å². The maximum absolute atomic E-state index is 13.3. The minimum atomic E-state index is -0.484. The molecule has 1 amide bonds. The molecule has 0 spiro atoms. The Kier molecular flexibility index (Phi) is 3.88. The summed E-state index contributed by atoms with van der Waals surface area (Å²) in [6.45, 7) is 4.76. The first kappa shape index (κ1) is 14.2. The maximum Gasteiger partial charge on any atom is 0.259 e. The van der Waals surface area contributed by atoms with Gasteiger partial charge in [-0.2, -0.15) is 0 Å². The fourth-order valence-electron chi connectivity index (χ4n) is 2.30. The Hall–Kier alpha value is -2.17. The van der Waals surface area contributed by atoms with Crippen LogP contribution in [0.2, 0.25) is 0 Å². The molecule has 0 radical (unpaired) electrons. The summed E-state index contributed by atoms with van der Waals surface area (Å²) in [6, 6.07) is 4.02. The monoisotopic (exact) mass is 276 g/mol. The van der Waals surface area contributed by atoms with Gasteiger partial charge in [-0.25, -0.2) is 4.39 Å². The van der Waals surface area contributed by atoms with Crippen LogP contribution >= 0.6 is 0 Å². The Morgan fingerprint density at radius 3 is 2.55 bits per heavy atom. The van der Waals surface area contributed by atoms with E-state index in [0.29, 0.717) is 18.6 Å². The van der Waals surface area contributed by atoms with Crippen LogP contribution in [0.15, 0.2) is 29.2 Å². The van der Waals surface area contributed by atoms with Gasteiger partial charge in [-0.3, -0.25) is 9.59 Å². The summed E-state index contributed by atoms with van der Waals surface area (Å²) in [6.07, 6.45) is 1.52. The van der Waals surface area contributed by atoms with E-state index in [0.717, 1.165) is 0 Å². The van der Waals surface area contributed by atoms with Crippen molar-refractivity contribution in [3.8, 4) is 0 Å². The molecule has 0 bridgehead atoms. The number of benzene rings is 1. The van der Waals surface area contributed by atoms with Gasteiger partial charge in [0, 0.05) is 31.7 Å². The van der Waals surface area contributed by atoms with Crippen LogP contribution in [0.25, 0.3) is 10.9 Å². The number of aryl methyl sites for hydroxylation is 1. The molecule has 0 saturated carbocycles. The van der Waals surface area contributed by atoms with Crippen molar-refractivity contribution in [1.29, 1.82) is 0 Å². The number of fused-ring (bicyclic) bond motifs is 1. The fraction of sp³-hybridized carbons (Fsp3) is 0.333. The van der Waals surface area contributed by atoms with E-state index in [-0.39, 0.29) is 16.9 Å². The standard InChI is InChI=1S/C15H17FN2O2/c1-4-18(5-2)15(20)12-9-17(3)13-7-6-10(16)8-11(13)14(12)19/h6-9H,4-5H2,1-3H3. The van der Waals surface area contributed by atoms with Gasteiger partial charge in [0.05, 0.1) is 5.52 Å². The number of carbonyl (C=O) groups is 1. The van der Waals surface area contributed by atoms with Crippen molar-refractivity contribution in [2.24, 2.45) is 7.05 Å². The van der Waals surface area contributed by atoms with Gasteiger partial charge >= 0.3 is 0 Å². The second-order valence-corrected chi connectivity index (χ2v) is 4.62. The number of hydrogen-bond donors (Lipinski definition) is 0. The zero-order valence-corrected chi connectivity index (χ0v) is 11.8. The molecule has 106 valence electrons. The van der Waals surface area contributed by atoms with E-state index in [2.05, 4.69) is 0 Å². The summed E-state index contributed by atoms with van der Waals surface area (Å²) < 4.78 is 15.0. The number of hydrogen-bond acceptors (Lipinski definition) is 2. The lowest BCUT2D eigenvalue weighted by molar-refractivity contribution is 0.0771. The molecule has 0 aliphatic heterocycles. The zero-order valence-electron chi connectivity index (χ0n) is 11.8. The molecule has 0 aliphatic carbocycles. The highest BCUT2D eigenvalue weighted by molar-refractivity contribution is 5.97. The Morgan fingerprint density at radius 1 is 1.30 bits per heavy atom. The van der Waals surface area contributed by atoms with E-state index in [1.807, 2.05) is 13.8 Å². The molecule has 1 heterocycles. The van der Waals surface area contributed by atoms with Gasteiger partial charge in [0.1, 0.15) is 11.4 Å². The summed E-state index contributed by atoms with van der Waals surface area (Å²) in [5, 5.41) is 0.227. The maximum atomic E-state index is 13.3. The van der Waals surface area contributed by atoms with Crippen molar-refractivity contribution in [2.45, 2.75) is 13.8 Å². The average molecular weight is 276 g/mol. The molecular formula is C15H17FN2O2. The summed E-state index contributed by atoms with van der Waals surface area (Å²) in [7, 11) is 1.73. The number of nitrogens with zero attached hydrogens (tertiary/aromatic N) is 2. The first-order valence-corrected chi connectivity index (χ1v) is 6.57. The van der Waals surface area contributed by atoms with Crippen molar-refractivity contribution in [3.63, 3.8) is 0 Å². The number of pyridine rings is 1. The SMILES string of the molecule is CCN(CC)C(=O)c1cn(C)c2ccc(F)cc2c1=O. The first-order chi connectivity index (χ1) is 9.49. The first-order valence-electron chi connectivity index (χ1n) is 6.57. The van der Waals surface area contributed by atoms with E-state index >= 15 is 0 Å².